The van der Waals surface area contributed by atoms with Gasteiger partial charge in [-0.15, -0.1) is 0 Å². The van der Waals surface area contributed by atoms with E-state index in [1.807, 2.05) is 72.8 Å². The number of allylic oxidation sites excluding steroid dienone is 1. The molecule has 0 saturated carbocycles. The van der Waals surface area contributed by atoms with Crippen molar-refractivity contribution in [2.75, 3.05) is 16.8 Å². The Kier molecular flexibility index (Phi) is 8.95. The number of fused-ring (bicyclic) bond motifs is 3. The minimum Gasteiger partial charge on any atom is -0.508 e. The third-order valence-electron chi connectivity index (χ3n) is 9.57. The average molecular weight is 642 g/mol. The van der Waals surface area contributed by atoms with Gasteiger partial charge in [0, 0.05) is 17.6 Å². The molecule has 0 radical (unpaired) electrons. The lowest BCUT2D eigenvalue weighted by Crippen LogP contribution is -2.46. The molecule has 3 aromatic carbocycles. The first kappa shape index (κ1) is 31.6. The predicted octanol–water partition coefficient (Wildman–Crippen LogP) is 5.85. The van der Waals surface area contributed by atoms with Gasteiger partial charge in [0.15, 0.2) is 0 Å². The number of nitrogens with zero attached hydrogens (tertiary/aromatic N) is 2. The fourth-order valence-electron chi connectivity index (χ4n) is 7.48. The van der Waals surface area contributed by atoms with Crippen LogP contribution in [0.15, 0.2) is 114 Å². The number of imide groups is 1. The maximum Gasteiger partial charge on any atom is 0.455 e. The third kappa shape index (κ3) is 6.30. The summed E-state index contributed by atoms with van der Waals surface area (Å²) < 4.78 is 6.11. The number of aliphatic hydroxyl groups excluding tert-OH is 1. The summed E-state index contributed by atoms with van der Waals surface area (Å²) in [5.74, 6) is -2.17. The van der Waals surface area contributed by atoms with Gasteiger partial charge in [-0.25, -0.2) is 0 Å². The molecule has 7 rings (SSSR count). The molecular formula is C38H36BN3O6. The number of benzene rings is 3. The first-order chi connectivity index (χ1) is 23.4. The Morgan fingerprint density at radius 2 is 1.71 bits per heavy atom. The van der Waals surface area contributed by atoms with Gasteiger partial charge in [0.05, 0.1) is 35.9 Å². The van der Waals surface area contributed by atoms with Crippen LogP contribution in [0.1, 0.15) is 30.5 Å². The second kappa shape index (κ2) is 13.6. The molecule has 1 aliphatic carbocycles. The van der Waals surface area contributed by atoms with Gasteiger partial charge in [-0.2, -0.15) is 0 Å². The fraction of sp³-hybridized carbons (Fsp3) is 0.237. The largest absolute Gasteiger partial charge is 0.508 e. The van der Waals surface area contributed by atoms with E-state index in [0.717, 1.165) is 33.8 Å². The number of nitrogens with one attached hydrogen (secondary N) is 1. The molecule has 2 amide bonds. The second-order valence-corrected chi connectivity index (χ2v) is 12.5. The van der Waals surface area contributed by atoms with E-state index in [9.17, 15) is 24.8 Å². The number of amides is 2. The molecule has 4 atom stereocenters. The lowest BCUT2D eigenvalue weighted by atomic mass is 9.58. The lowest BCUT2D eigenvalue weighted by Gasteiger charge is -2.42. The zero-order valence-electron chi connectivity index (χ0n) is 26.3. The first-order valence-corrected chi connectivity index (χ1v) is 16.3. The van der Waals surface area contributed by atoms with Crippen molar-refractivity contribution in [2.24, 2.45) is 17.8 Å². The van der Waals surface area contributed by atoms with Crippen LogP contribution in [0.25, 0.3) is 11.6 Å². The number of aliphatic hydroxyl groups is 1. The number of phenols is 1. The third-order valence-corrected chi connectivity index (χ3v) is 9.57. The zero-order valence-corrected chi connectivity index (χ0v) is 26.3. The van der Waals surface area contributed by atoms with Gasteiger partial charge < -0.3 is 25.2 Å². The number of carbonyl (C=O) groups excluding carboxylic acids is 2. The maximum atomic E-state index is 14.1. The Morgan fingerprint density at radius 1 is 0.938 bits per heavy atom. The first-order valence-electron chi connectivity index (χ1n) is 16.3. The highest BCUT2D eigenvalue weighted by molar-refractivity contribution is 6.43. The standard InChI is InChI=1S/C38H36BN3O6/c43-23-26-21-31-36(38(46)42(37(31)45)29-15-13-28(14-16-29)41-27-8-2-1-3-9-27)32-22-39(47)48-34(35(26)32)17-12-25(33-11-4-5-18-40-33)19-24-7-6-10-30(44)20-24/h1-11,13-16,18-20,31-32,34,36,41,43-44,47H,12,17,21-23H2/b25-19-/t31-,32+,34-,36-/m1/s1. The number of anilines is 3. The zero-order chi connectivity index (χ0) is 33.2. The molecule has 10 heteroatoms. The quantitative estimate of drug-likeness (QED) is 0.102. The van der Waals surface area contributed by atoms with Gasteiger partial charge in [0.25, 0.3) is 0 Å². The minimum absolute atomic E-state index is 0.157. The molecule has 3 heterocycles. The number of aromatic hydroxyl groups is 1. The minimum atomic E-state index is -1.13. The van der Waals surface area contributed by atoms with Gasteiger partial charge in [-0.3, -0.25) is 19.5 Å². The summed E-state index contributed by atoms with van der Waals surface area (Å²) in [6, 6.07) is 29.6. The van der Waals surface area contributed by atoms with Crippen LogP contribution in [-0.4, -0.2) is 51.9 Å². The molecule has 0 bridgehead atoms. The number of para-hydroxylation sites is 1. The van der Waals surface area contributed by atoms with E-state index in [1.165, 1.54) is 4.90 Å². The van der Waals surface area contributed by atoms with Crippen molar-refractivity contribution in [3.63, 3.8) is 0 Å². The number of hydrogen-bond acceptors (Lipinski definition) is 8. The average Bonchev–Trinajstić information content (AvgIpc) is 3.36. The smallest absolute Gasteiger partial charge is 0.455 e. The van der Waals surface area contributed by atoms with Crippen molar-refractivity contribution in [1.29, 1.82) is 0 Å². The molecule has 0 unspecified atom stereocenters. The Labute approximate surface area is 279 Å². The van der Waals surface area contributed by atoms with E-state index < -0.39 is 31.0 Å². The number of hydrogen-bond donors (Lipinski definition) is 4. The molecule has 2 fully saturated rings. The number of pyridine rings is 1. The van der Waals surface area contributed by atoms with Crippen molar-refractivity contribution in [3.8, 4) is 5.75 Å². The van der Waals surface area contributed by atoms with Crippen LogP contribution in [0.3, 0.4) is 0 Å². The van der Waals surface area contributed by atoms with Crippen molar-refractivity contribution >= 4 is 47.6 Å². The summed E-state index contributed by atoms with van der Waals surface area (Å²) in [4.78, 5) is 33.8. The van der Waals surface area contributed by atoms with Gasteiger partial charge in [0.2, 0.25) is 11.8 Å². The van der Waals surface area contributed by atoms with Crippen LogP contribution in [0.2, 0.25) is 6.32 Å². The highest BCUT2D eigenvalue weighted by Gasteiger charge is 2.57. The summed E-state index contributed by atoms with van der Waals surface area (Å²) in [6.07, 6.45) is 4.49. The van der Waals surface area contributed by atoms with Crippen molar-refractivity contribution in [2.45, 2.75) is 31.7 Å². The number of aromatic nitrogens is 1. The molecule has 4 N–H and O–H groups in total. The SMILES string of the molecule is O=C1[C@@H]2[C@@H](CC(CO)=C3[C@@H](CC/C(=C/c4cccc(O)c4)c4ccccn4)OB(O)C[C@@H]32)C(=O)N1c1ccc(Nc2ccccc2)cc1. The Morgan fingerprint density at radius 3 is 2.44 bits per heavy atom. The number of carbonyl (C=O) groups is 2. The highest BCUT2D eigenvalue weighted by atomic mass is 16.5. The monoisotopic (exact) mass is 641 g/mol. The van der Waals surface area contributed by atoms with Gasteiger partial charge in [-0.05, 0) is 121 Å². The van der Waals surface area contributed by atoms with Crippen LogP contribution in [0, 0.1) is 17.8 Å². The van der Waals surface area contributed by atoms with Gasteiger partial charge >= 0.3 is 7.12 Å². The Hall–Kier alpha value is -5.03. The van der Waals surface area contributed by atoms with E-state index >= 15 is 0 Å². The molecule has 242 valence electrons. The number of phenolic OH excluding ortho intramolecular Hbond substituents is 1. The highest BCUT2D eigenvalue weighted by Crippen LogP contribution is 2.51. The molecule has 2 saturated heterocycles. The van der Waals surface area contributed by atoms with E-state index in [0.29, 0.717) is 24.1 Å². The van der Waals surface area contributed by atoms with Crippen molar-refractivity contribution < 1.29 is 29.5 Å². The van der Waals surface area contributed by atoms with Crippen LogP contribution >= 0.6 is 0 Å². The van der Waals surface area contributed by atoms with E-state index in [-0.39, 0.29) is 36.9 Å². The van der Waals surface area contributed by atoms with Crippen LogP contribution < -0.4 is 10.2 Å². The molecule has 4 aromatic rings. The summed E-state index contributed by atoms with van der Waals surface area (Å²) in [7, 11) is -1.13. The molecule has 48 heavy (non-hydrogen) atoms. The van der Waals surface area contributed by atoms with Crippen LogP contribution in [0.5, 0.6) is 5.75 Å². The Bertz CT molecular complexity index is 1860. The molecule has 9 nitrogen and oxygen atoms in total. The molecular weight excluding hydrogens is 605 g/mol. The molecule has 1 aromatic heterocycles. The van der Waals surface area contributed by atoms with E-state index in [4.69, 9.17) is 4.65 Å². The molecule has 3 aliphatic rings. The lowest BCUT2D eigenvalue weighted by molar-refractivity contribution is -0.122. The number of rotatable bonds is 9. The van der Waals surface area contributed by atoms with Gasteiger partial charge in [-0.1, -0.05) is 36.4 Å². The summed E-state index contributed by atoms with van der Waals surface area (Å²) >= 11 is 0. The van der Waals surface area contributed by atoms with Crippen molar-refractivity contribution in [3.05, 3.63) is 126 Å². The second-order valence-electron chi connectivity index (χ2n) is 12.5. The Balaban J connectivity index is 1.14. The maximum absolute atomic E-state index is 14.1. The summed E-state index contributed by atoms with van der Waals surface area (Å²) in [5, 5.41) is 34.9. The van der Waals surface area contributed by atoms with Crippen molar-refractivity contribution in [1.82, 2.24) is 4.98 Å². The normalized spacial score (nSPS) is 22.5. The van der Waals surface area contributed by atoms with Gasteiger partial charge in [0.1, 0.15) is 5.75 Å². The molecule has 2 aliphatic heterocycles. The molecule has 0 spiro atoms. The fourth-order valence-corrected chi connectivity index (χ4v) is 7.48. The summed E-state index contributed by atoms with van der Waals surface area (Å²) in [5.41, 5.74) is 6.24. The van der Waals surface area contributed by atoms with Crippen LogP contribution in [0.4, 0.5) is 17.1 Å². The topological polar surface area (TPSA) is 132 Å². The van der Waals surface area contributed by atoms with E-state index in [1.54, 1.807) is 36.5 Å². The predicted molar refractivity (Wildman–Crippen MR) is 185 cm³/mol. The van der Waals surface area contributed by atoms with Crippen LogP contribution in [-0.2, 0) is 14.2 Å². The van der Waals surface area contributed by atoms with E-state index in [2.05, 4.69) is 10.3 Å². The summed E-state index contributed by atoms with van der Waals surface area (Å²) in [6.45, 7) is -0.265.